The second-order valence-corrected chi connectivity index (χ2v) is 6.65. The van der Waals surface area contributed by atoms with Crippen molar-refractivity contribution < 1.29 is 18.0 Å². The molecule has 1 aromatic carbocycles. The fourth-order valence-corrected chi connectivity index (χ4v) is 2.59. The fourth-order valence-electron chi connectivity index (χ4n) is 2.59. The minimum Gasteiger partial charge on any atom is -0.350 e. The van der Waals surface area contributed by atoms with Crippen LogP contribution in [0.2, 0.25) is 0 Å². The normalized spacial score (nSPS) is 14.3. The average molecular weight is 368 g/mol. The molecule has 0 aliphatic heterocycles. The molecule has 142 valence electrons. The van der Waals surface area contributed by atoms with Gasteiger partial charge in [0.15, 0.2) is 0 Å². The van der Waals surface area contributed by atoms with Crippen LogP contribution < -0.4 is 11.1 Å². The molecule has 0 spiro atoms. The van der Waals surface area contributed by atoms with Crippen molar-refractivity contribution in [3.63, 3.8) is 0 Å². The SMILES string of the molecule is CC(C)[C@@](N)(CCc1cnc[nH]1)C(=O)NCc1ccc(C(F)(F)F)cc1. The first kappa shape index (κ1) is 20.0. The molecule has 0 aliphatic rings. The van der Waals surface area contributed by atoms with Gasteiger partial charge in [0.25, 0.3) is 0 Å². The van der Waals surface area contributed by atoms with E-state index in [9.17, 15) is 18.0 Å². The molecular weight excluding hydrogens is 345 g/mol. The Bertz CT molecular complexity index is 711. The van der Waals surface area contributed by atoms with E-state index in [1.165, 1.54) is 12.1 Å². The number of alkyl halides is 3. The van der Waals surface area contributed by atoms with E-state index in [0.29, 0.717) is 18.4 Å². The molecule has 2 rings (SSSR count). The van der Waals surface area contributed by atoms with Crippen LogP contribution in [-0.2, 0) is 23.9 Å². The molecule has 1 amide bonds. The molecule has 0 unspecified atom stereocenters. The lowest BCUT2D eigenvalue weighted by molar-refractivity contribution is -0.137. The highest BCUT2D eigenvalue weighted by atomic mass is 19.4. The van der Waals surface area contributed by atoms with Crippen molar-refractivity contribution in [3.05, 3.63) is 53.6 Å². The van der Waals surface area contributed by atoms with Gasteiger partial charge >= 0.3 is 6.18 Å². The number of hydrogen-bond donors (Lipinski definition) is 3. The summed E-state index contributed by atoms with van der Waals surface area (Å²) in [5, 5.41) is 2.74. The average Bonchev–Trinajstić information content (AvgIpc) is 3.10. The minimum atomic E-state index is -4.38. The van der Waals surface area contributed by atoms with Crippen LogP contribution in [-0.4, -0.2) is 21.4 Å². The summed E-state index contributed by atoms with van der Waals surface area (Å²) in [5.74, 6) is -0.440. The van der Waals surface area contributed by atoms with Crippen molar-refractivity contribution in [1.29, 1.82) is 0 Å². The standard InChI is InChI=1S/C18H23F3N4O/c1-12(2)17(22,8-7-15-10-23-11-25-15)16(26)24-9-13-3-5-14(6-4-13)18(19,20)21/h3-6,10-12H,7-9,22H2,1-2H3,(H,23,25)(H,24,26)/t17-/m0/s1. The molecule has 2 aromatic rings. The zero-order valence-corrected chi connectivity index (χ0v) is 14.7. The number of aromatic nitrogens is 2. The number of nitrogens with two attached hydrogens (primary N) is 1. The maximum Gasteiger partial charge on any atom is 0.416 e. The largest absolute Gasteiger partial charge is 0.416 e. The monoisotopic (exact) mass is 368 g/mol. The summed E-state index contributed by atoms with van der Waals surface area (Å²) in [6.45, 7) is 3.85. The van der Waals surface area contributed by atoms with Gasteiger partial charge in [-0.15, -0.1) is 0 Å². The van der Waals surface area contributed by atoms with Gasteiger partial charge in [-0.05, 0) is 36.5 Å². The van der Waals surface area contributed by atoms with Crippen LogP contribution >= 0.6 is 0 Å². The highest BCUT2D eigenvalue weighted by Crippen LogP contribution is 2.29. The van der Waals surface area contributed by atoms with Crippen LogP contribution in [0.4, 0.5) is 13.2 Å². The van der Waals surface area contributed by atoms with Crippen molar-refractivity contribution in [2.45, 2.75) is 44.9 Å². The topological polar surface area (TPSA) is 83.8 Å². The summed E-state index contributed by atoms with van der Waals surface area (Å²) in [4.78, 5) is 19.5. The molecular formula is C18H23F3N4O. The van der Waals surface area contributed by atoms with E-state index in [2.05, 4.69) is 15.3 Å². The summed E-state index contributed by atoms with van der Waals surface area (Å²) in [5.41, 5.74) is 6.01. The second kappa shape index (κ2) is 7.90. The first-order chi connectivity index (χ1) is 12.1. The van der Waals surface area contributed by atoms with E-state index < -0.39 is 17.3 Å². The van der Waals surface area contributed by atoms with E-state index in [1.807, 2.05) is 13.8 Å². The highest BCUT2D eigenvalue weighted by molar-refractivity contribution is 5.86. The van der Waals surface area contributed by atoms with Gasteiger partial charge in [-0.1, -0.05) is 26.0 Å². The number of imidazole rings is 1. The molecule has 5 nitrogen and oxygen atoms in total. The lowest BCUT2D eigenvalue weighted by Crippen LogP contribution is -2.57. The summed E-state index contributed by atoms with van der Waals surface area (Å²) >= 11 is 0. The van der Waals surface area contributed by atoms with Crippen molar-refractivity contribution in [2.75, 3.05) is 0 Å². The van der Waals surface area contributed by atoms with Gasteiger partial charge < -0.3 is 16.0 Å². The van der Waals surface area contributed by atoms with Crippen LogP contribution in [0, 0.1) is 5.92 Å². The maximum atomic E-state index is 12.6. The summed E-state index contributed by atoms with van der Waals surface area (Å²) in [7, 11) is 0. The second-order valence-electron chi connectivity index (χ2n) is 6.65. The lowest BCUT2D eigenvalue weighted by atomic mass is 9.82. The van der Waals surface area contributed by atoms with Crippen molar-refractivity contribution in [3.8, 4) is 0 Å². The molecule has 1 aromatic heterocycles. The lowest BCUT2D eigenvalue weighted by Gasteiger charge is -2.32. The van der Waals surface area contributed by atoms with E-state index >= 15 is 0 Å². The van der Waals surface area contributed by atoms with Crippen molar-refractivity contribution in [2.24, 2.45) is 11.7 Å². The molecule has 8 heteroatoms. The molecule has 0 fully saturated rings. The Morgan fingerprint density at radius 3 is 2.42 bits per heavy atom. The van der Waals surface area contributed by atoms with Crippen LogP contribution in [0.25, 0.3) is 0 Å². The first-order valence-corrected chi connectivity index (χ1v) is 8.33. The van der Waals surface area contributed by atoms with Crippen LogP contribution in [0.15, 0.2) is 36.8 Å². The molecule has 1 atom stereocenters. The molecule has 1 heterocycles. The Morgan fingerprint density at radius 1 is 1.27 bits per heavy atom. The predicted octanol–water partition coefficient (Wildman–Crippen LogP) is 3.03. The number of amides is 1. The number of benzene rings is 1. The Hall–Kier alpha value is -2.35. The van der Waals surface area contributed by atoms with Gasteiger partial charge in [-0.3, -0.25) is 4.79 Å². The van der Waals surface area contributed by atoms with Gasteiger partial charge in [0.2, 0.25) is 5.91 Å². The van der Waals surface area contributed by atoms with Crippen molar-refractivity contribution in [1.82, 2.24) is 15.3 Å². The van der Waals surface area contributed by atoms with Gasteiger partial charge in [0.05, 0.1) is 17.4 Å². The van der Waals surface area contributed by atoms with E-state index in [4.69, 9.17) is 5.73 Å². The third-order valence-corrected chi connectivity index (χ3v) is 4.55. The van der Waals surface area contributed by atoms with Gasteiger partial charge in [-0.2, -0.15) is 13.2 Å². The number of rotatable bonds is 7. The Kier molecular flexibility index (Phi) is 6.07. The van der Waals surface area contributed by atoms with Crippen LogP contribution in [0.5, 0.6) is 0 Å². The molecule has 0 radical (unpaired) electrons. The summed E-state index contributed by atoms with van der Waals surface area (Å²) < 4.78 is 37.8. The smallest absolute Gasteiger partial charge is 0.350 e. The third kappa shape index (κ3) is 4.85. The zero-order valence-electron chi connectivity index (χ0n) is 14.7. The third-order valence-electron chi connectivity index (χ3n) is 4.55. The molecule has 0 saturated heterocycles. The quantitative estimate of drug-likeness (QED) is 0.702. The molecule has 0 saturated carbocycles. The number of hydrogen-bond acceptors (Lipinski definition) is 3. The highest BCUT2D eigenvalue weighted by Gasteiger charge is 2.37. The number of carbonyl (C=O) groups excluding carboxylic acids is 1. The molecule has 26 heavy (non-hydrogen) atoms. The minimum absolute atomic E-state index is 0.113. The number of aryl methyl sites for hydroxylation is 1. The Balaban J connectivity index is 1.98. The fraction of sp³-hybridized carbons (Fsp3) is 0.444. The number of nitrogens with zero attached hydrogens (tertiary/aromatic N) is 1. The zero-order chi connectivity index (χ0) is 19.4. The van der Waals surface area contributed by atoms with Gasteiger partial charge in [0.1, 0.15) is 0 Å². The first-order valence-electron chi connectivity index (χ1n) is 8.33. The summed E-state index contributed by atoms with van der Waals surface area (Å²) in [6, 6.07) is 4.69. The van der Waals surface area contributed by atoms with E-state index in [0.717, 1.165) is 17.8 Å². The Morgan fingerprint density at radius 2 is 1.92 bits per heavy atom. The predicted molar refractivity (Wildman–Crippen MR) is 92.0 cm³/mol. The number of aromatic amines is 1. The number of carbonyl (C=O) groups is 1. The van der Waals surface area contributed by atoms with Crippen LogP contribution in [0.3, 0.4) is 0 Å². The van der Waals surface area contributed by atoms with Gasteiger partial charge in [-0.25, -0.2) is 4.98 Å². The van der Waals surface area contributed by atoms with E-state index in [1.54, 1.807) is 12.5 Å². The van der Waals surface area contributed by atoms with Gasteiger partial charge in [0, 0.05) is 18.4 Å². The molecule has 0 bridgehead atoms. The molecule has 0 aliphatic carbocycles. The van der Waals surface area contributed by atoms with Crippen LogP contribution in [0.1, 0.15) is 37.1 Å². The van der Waals surface area contributed by atoms with Crippen molar-refractivity contribution >= 4 is 5.91 Å². The Labute approximate surface area is 150 Å². The maximum absolute atomic E-state index is 12.6. The van der Waals surface area contributed by atoms with E-state index in [-0.39, 0.29) is 18.4 Å². The number of nitrogens with one attached hydrogen (secondary N) is 2. The number of H-pyrrole nitrogens is 1. The number of halogens is 3. The summed E-state index contributed by atoms with van der Waals surface area (Å²) in [6.07, 6.45) is -0.138. The molecule has 4 N–H and O–H groups in total.